The highest BCUT2D eigenvalue weighted by Crippen LogP contribution is 2.31. The summed E-state index contributed by atoms with van der Waals surface area (Å²) in [6.45, 7) is 1.26. The van der Waals surface area contributed by atoms with Crippen LogP contribution in [-0.2, 0) is 4.74 Å². The second-order valence-corrected chi connectivity index (χ2v) is 4.64. The van der Waals surface area contributed by atoms with Gasteiger partial charge in [0, 0.05) is 24.9 Å². The molecule has 1 atom stereocenters. The lowest BCUT2D eigenvalue weighted by Gasteiger charge is -2.14. The minimum Gasteiger partial charge on any atom is -0.493 e. The van der Waals surface area contributed by atoms with E-state index in [0.29, 0.717) is 29.3 Å². The molecule has 110 valence electrons. The number of carbonyl (C=O) groups is 1. The molecule has 1 aromatic rings. The van der Waals surface area contributed by atoms with Gasteiger partial charge in [-0.05, 0) is 18.9 Å². The van der Waals surface area contributed by atoms with Crippen LogP contribution >= 0.6 is 0 Å². The number of nitrogen functional groups attached to an aromatic ring is 1. The van der Waals surface area contributed by atoms with Gasteiger partial charge in [0.05, 0.1) is 25.9 Å². The molecule has 1 aliphatic rings. The molecule has 1 unspecified atom stereocenters. The number of carbonyl (C=O) groups excluding carboxylic acids is 1. The number of nitrogens with two attached hydrogens (primary N) is 1. The normalized spacial score (nSPS) is 17.8. The first-order valence-corrected chi connectivity index (χ1v) is 6.57. The Kier molecular flexibility index (Phi) is 4.68. The van der Waals surface area contributed by atoms with Crippen molar-refractivity contribution in [1.29, 1.82) is 0 Å². The van der Waals surface area contributed by atoms with E-state index in [1.165, 1.54) is 14.2 Å². The van der Waals surface area contributed by atoms with E-state index in [9.17, 15) is 4.79 Å². The van der Waals surface area contributed by atoms with Gasteiger partial charge in [0.1, 0.15) is 0 Å². The molecule has 1 aliphatic heterocycles. The number of benzene rings is 1. The van der Waals surface area contributed by atoms with Crippen molar-refractivity contribution in [2.24, 2.45) is 0 Å². The van der Waals surface area contributed by atoms with Crippen LogP contribution < -0.4 is 20.5 Å². The van der Waals surface area contributed by atoms with Crippen LogP contribution in [0.15, 0.2) is 12.1 Å². The average Bonchev–Trinajstić information content (AvgIpc) is 2.97. The summed E-state index contributed by atoms with van der Waals surface area (Å²) in [4.78, 5) is 12.1. The lowest BCUT2D eigenvalue weighted by Crippen LogP contribution is -2.32. The molecule has 1 aromatic carbocycles. The number of anilines is 1. The molecule has 0 bridgehead atoms. The fourth-order valence-electron chi connectivity index (χ4n) is 2.20. The molecule has 0 saturated carbocycles. The molecule has 6 nitrogen and oxygen atoms in total. The largest absolute Gasteiger partial charge is 0.493 e. The smallest absolute Gasteiger partial charge is 0.253 e. The predicted octanol–water partition coefficient (Wildman–Crippen LogP) is 1.19. The maximum atomic E-state index is 12.1. The number of hydrogen-bond donors (Lipinski definition) is 2. The molecule has 1 fully saturated rings. The number of rotatable bonds is 5. The summed E-state index contributed by atoms with van der Waals surface area (Å²) in [6.07, 6.45) is 2.11. The van der Waals surface area contributed by atoms with Crippen LogP contribution in [0.1, 0.15) is 23.2 Å². The van der Waals surface area contributed by atoms with Crippen molar-refractivity contribution in [3.8, 4) is 11.5 Å². The van der Waals surface area contributed by atoms with E-state index in [4.69, 9.17) is 19.9 Å². The Labute approximate surface area is 118 Å². The van der Waals surface area contributed by atoms with Gasteiger partial charge in [0.25, 0.3) is 5.91 Å². The van der Waals surface area contributed by atoms with Gasteiger partial charge < -0.3 is 25.3 Å². The van der Waals surface area contributed by atoms with Gasteiger partial charge in [-0.15, -0.1) is 0 Å². The zero-order valence-electron chi connectivity index (χ0n) is 11.8. The number of methoxy groups -OCH3 is 2. The van der Waals surface area contributed by atoms with Gasteiger partial charge in [0.2, 0.25) is 0 Å². The fraction of sp³-hybridized carbons (Fsp3) is 0.500. The highest BCUT2D eigenvalue weighted by atomic mass is 16.5. The Hall–Kier alpha value is -1.95. The summed E-state index contributed by atoms with van der Waals surface area (Å²) in [7, 11) is 3.04. The summed E-state index contributed by atoms with van der Waals surface area (Å²) in [5.41, 5.74) is 6.61. The van der Waals surface area contributed by atoms with Crippen LogP contribution in [0.25, 0.3) is 0 Å². The van der Waals surface area contributed by atoms with E-state index in [2.05, 4.69) is 5.32 Å². The van der Waals surface area contributed by atoms with Gasteiger partial charge in [-0.2, -0.15) is 0 Å². The van der Waals surface area contributed by atoms with E-state index in [0.717, 1.165) is 19.4 Å². The third-order valence-corrected chi connectivity index (χ3v) is 3.31. The Bertz CT molecular complexity index is 484. The molecular formula is C14H20N2O4. The standard InChI is InChI=1S/C14H20N2O4/c1-18-12-6-10(11(15)7-13(12)19-2)14(17)16-8-9-4-3-5-20-9/h6-7,9H,3-5,8,15H2,1-2H3,(H,16,17). The van der Waals surface area contributed by atoms with Gasteiger partial charge >= 0.3 is 0 Å². The van der Waals surface area contributed by atoms with Crippen LogP contribution in [0.2, 0.25) is 0 Å². The molecule has 1 saturated heterocycles. The minimum atomic E-state index is -0.237. The zero-order chi connectivity index (χ0) is 14.5. The van der Waals surface area contributed by atoms with Gasteiger partial charge in [-0.3, -0.25) is 4.79 Å². The molecule has 1 heterocycles. The molecule has 6 heteroatoms. The van der Waals surface area contributed by atoms with Crippen molar-refractivity contribution in [1.82, 2.24) is 5.32 Å². The second-order valence-electron chi connectivity index (χ2n) is 4.64. The Morgan fingerprint density at radius 2 is 2.10 bits per heavy atom. The monoisotopic (exact) mass is 280 g/mol. The van der Waals surface area contributed by atoms with E-state index in [1.807, 2.05) is 0 Å². The SMILES string of the molecule is COc1cc(N)c(C(=O)NCC2CCCO2)cc1OC. The van der Waals surface area contributed by atoms with Gasteiger partial charge in [-0.25, -0.2) is 0 Å². The van der Waals surface area contributed by atoms with Crippen molar-refractivity contribution in [2.75, 3.05) is 33.1 Å². The molecular weight excluding hydrogens is 260 g/mol. The molecule has 1 amide bonds. The fourth-order valence-corrected chi connectivity index (χ4v) is 2.20. The summed E-state index contributed by atoms with van der Waals surface area (Å²) >= 11 is 0. The Morgan fingerprint density at radius 3 is 2.70 bits per heavy atom. The number of amides is 1. The van der Waals surface area contributed by atoms with E-state index >= 15 is 0 Å². The van der Waals surface area contributed by atoms with Crippen LogP contribution in [0.5, 0.6) is 11.5 Å². The maximum absolute atomic E-state index is 12.1. The van der Waals surface area contributed by atoms with Crippen molar-refractivity contribution in [2.45, 2.75) is 18.9 Å². The van der Waals surface area contributed by atoms with Crippen molar-refractivity contribution in [3.05, 3.63) is 17.7 Å². The van der Waals surface area contributed by atoms with E-state index < -0.39 is 0 Å². The van der Waals surface area contributed by atoms with Crippen LogP contribution in [0, 0.1) is 0 Å². The number of hydrogen-bond acceptors (Lipinski definition) is 5. The summed E-state index contributed by atoms with van der Waals surface area (Å²) < 4.78 is 15.8. The van der Waals surface area contributed by atoms with E-state index in [1.54, 1.807) is 12.1 Å². The average molecular weight is 280 g/mol. The first-order valence-electron chi connectivity index (χ1n) is 6.57. The second kappa shape index (κ2) is 6.47. The topological polar surface area (TPSA) is 82.8 Å². The molecule has 20 heavy (non-hydrogen) atoms. The predicted molar refractivity (Wildman–Crippen MR) is 75.3 cm³/mol. The molecule has 0 aliphatic carbocycles. The quantitative estimate of drug-likeness (QED) is 0.792. The molecule has 0 aromatic heterocycles. The van der Waals surface area contributed by atoms with Crippen LogP contribution in [-0.4, -0.2) is 39.4 Å². The van der Waals surface area contributed by atoms with Crippen molar-refractivity contribution >= 4 is 11.6 Å². The maximum Gasteiger partial charge on any atom is 0.253 e. The molecule has 3 N–H and O–H groups in total. The van der Waals surface area contributed by atoms with Crippen molar-refractivity contribution in [3.63, 3.8) is 0 Å². The van der Waals surface area contributed by atoms with Crippen molar-refractivity contribution < 1.29 is 19.0 Å². The van der Waals surface area contributed by atoms with Gasteiger partial charge in [-0.1, -0.05) is 0 Å². The van der Waals surface area contributed by atoms with E-state index in [-0.39, 0.29) is 12.0 Å². The third kappa shape index (κ3) is 3.14. The molecule has 2 rings (SSSR count). The highest BCUT2D eigenvalue weighted by Gasteiger charge is 2.19. The lowest BCUT2D eigenvalue weighted by atomic mass is 10.1. The molecule has 0 radical (unpaired) electrons. The lowest BCUT2D eigenvalue weighted by molar-refractivity contribution is 0.0858. The Balaban J connectivity index is 2.08. The number of ether oxygens (including phenoxy) is 3. The highest BCUT2D eigenvalue weighted by molar-refractivity contribution is 6.00. The minimum absolute atomic E-state index is 0.0975. The summed E-state index contributed by atoms with van der Waals surface area (Å²) in [5, 5.41) is 2.83. The summed E-state index contributed by atoms with van der Waals surface area (Å²) in [6, 6.07) is 3.17. The van der Waals surface area contributed by atoms with Crippen LogP contribution in [0.4, 0.5) is 5.69 Å². The Morgan fingerprint density at radius 1 is 1.40 bits per heavy atom. The first-order chi connectivity index (χ1) is 9.65. The first kappa shape index (κ1) is 14.5. The number of nitrogens with one attached hydrogen (secondary N) is 1. The molecule has 0 spiro atoms. The summed E-state index contributed by atoms with van der Waals surface area (Å²) in [5.74, 6) is 0.739. The zero-order valence-corrected chi connectivity index (χ0v) is 11.8. The third-order valence-electron chi connectivity index (χ3n) is 3.31. The van der Waals surface area contributed by atoms with Gasteiger partial charge in [0.15, 0.2) is 11.5 Å². The van der Waals surface area contributed by atoms with Crippen LogP contribution in [0.3, 0.4) is 0 Å².